The van der Waals surface area contributed by atoms with Crippen LogP contribution in [-0.4, -0.2) is 44.9 Å². The predicted octanol–water partition coefficient (Wildman–Crippen LogP) is 1.97. The molecule has 2 aromatic heterocycles. The molecule has 4 rings (SSSR count). The lowest BCUT2D eigenvalue weighted by Gasteiger charge is -2.38. The van der Waals surface area contributed by atoms with E-state index in [0.717, 1.165) is 0 Å². The van der Waals surface area contributed by atoms with E-state index in [0.29, 0.717) is 30.6 Å². The number of aliphatic hydroxyl groups is 1. The fourth-order valence-electron chi connectivity index (χ4n) is 4.13. The smallest absolute Gasteiger partial charge is 0.268 e. The Kier molecular flexibility index (Phi) is 5.30. The van der Waals surface area contributed by atoms with Gasteiger partial charge in [0.25, 0.3) is 11.5 Å². The molecule has 0 radical (unpaired) electrons. The number of nitrogens with one attached hydrogen (secondary N) is 1. The van der Waals surface area contributed by atoms with Gasteiger partial charge in [0.05, 0.1) is 13.2 Å². The first kappa shape index (κ1) is 21.0. The van der Waals surface area contributed by atoms with Gasteiger partial charge in [-0.15, -0.1) is 0 Å². The van der Waals surface area contributed by atoms with E-state index in [1.807, 2.05) is 6.92 Å². The summed E-state index contributed by atoms with van der Waals surface area (Å²) in [6.45, 7) is 1.50. The van der Waals surface area contributed by atoms with Gasteiger partial charge in [-0.2, -0.15) is 0 Å². The predicted molar refractivity (Wildman–Crippen MR) is 112 cm³/mol. The van der Waals surface area contributed by atoms with Crippen LogP contribution in [0.2, 0.25) is 0 Å². The fraction of sp³-hybridized carbons (Fsp3) is 0.409. The molecule has 0 spiro atoms. The van der Waals surface area contributed by atoms with Gasteiger partial charge in [-0.3, -0.25) is 19.1 Å². The van der Waals surface area contributed by atoms with Crippen molar-refractivity contribution in [1.82, 2.24) is 14.9 Å². The van der Waals surface area contributed by atoms with E-state index in [-0.39, 0.29) is 35.9 Å². The van der Waals surface area contributed by atoms with E-state index in [1.165, 1.54) is 30.0 Å². The zero-order chi connectivity index (χ0) is 22.3. The molecule has 0 aromatic carbocycles. The Morgan fingerprint density at radius 2 is 2.26 bits per heavy atom. The van der Waals surface area contributed by atoms with Crippen molar-refractivity contribution in [3.8, 4) is 11.5 Å². The molecule has 9 heteroatoms. The van der Waals surface area contributed by atoms with Crippen LogP contribution in [0, 0.1) is 5.92 Å². The highest BCUT2D eigenvalue weighted by Gasteiger charge is 2.39. The molecule has 3 N–H and O–H groups in total. The third kappa shape index (κ3) is 3.38. The summed E-state index contributed by atoms with van der Waals surface area (Å²) in [4.78, 5) is 29.8. The number of rotatable bonds is 5. The van der Waals surface area contributed by atoms with Crippen LogP contribution in [0.5, 0.6) is 11.5 Å². The molecule has 8 nitrogen and oxygen atoms in total. The summed E-state index contributed by atoms with van der Waals surface area (Å²) in [7, 11) is 1.37. The molecule has 2 unspecified atom stereocenters. The van der Waals surface area contributed by atoms with Crippen LogP contribution < -0.4 is 15.6 Å². The maximum atomic E-state index is 13.3. The number of pyridine rings is 2. The second-order valence-electron chi connectivity index (χ2n) is 7.95. The minimum atomic E-state index is -1.06. The maximum absolute atomic E-state index is 13.3. The summed E-state index contributed by atoms with van der Waals surface area (Å²) >= 11 is 0. The average Bonchev–Trinajstić information content (AvgIpc) is 2.79. The van der Waals surface area contributed by atoms with Gasteiger partial charge in [0.15, 0.2) is 11.5 Å². The summed E-state index contributed by atoms with van der Waals surface area (Å²) in [5, 5.41) is 23.1. The van der Waals surface area contributed by atoms with Gasteiger partial charge in [0, 0.05) is 18.8 Å². The van der Waals surface area contributed by atoms with Gasteiger partial charge < -0.3 is 20.3 Å². The van der Waals surface area contributed by atoms with Crippen LogP contribution in [0.25, 0.3) is 11.0 Å². The Hall–Kier alpha value is -3.20. The number of aromatic nitrogens is 2. The number of hydrogen-bond acceptors (Lipinski definition) is 6. The van der Waals surface area contributed by atoms with E-state index in [4.69, 9.17) is 4.74 Å². The lowest BCUT2D eigenvalue weighted by molar-refractivity contribution is -0.0152. The first-order valence-electron chi connectivity index (χ1n) is 10.2. The number of nitrogens with zero attached hydrogens (tertiary/aromatic N) is 2. The Balaban J connectivity index is 1.95. The topological polar surface area (TPSA) is 114 Å². The van der Waals surface area contributed by atoms with E-state index in [2.05, 4.69) is 10.3 Å². The number of ether oxygens (including phenoxy) is 1. The second-order valence-corrected chi connectivity index (χ2v) is 7.95. The van der Waals surface area contributed by atoms with Gasteiger partial charge >= 0.3 is 0 Å². The molecule has 31 heavy (non-hydrogen) atoms. The molecule has 2 atom stereocenters. The van der Waals surface area contributed by atoms with Gasteiger partial charge in [-0.05, 0) is 37.3 Å². The van der Waals surface area contributed by atoms with E-state index in [9.17, 15) is 24.2 Å². The van der Waals surface area contributed by atoms with Crippen LogP contribution in [0.15, 0.2) is 35.0 Å². The fourth-order valence-corrected chi connectivity index (χ4v) is 4.13. The summed E-state index contributed by atoms with van der Waals surface area (Å²) < 4.78 is 20.9. The summed E-state index contributed by atoms with van der Waals surface area (Å²) in [6, 6.07) is 0. The molecule has 0 saturated carbocycles. The van der Waals surface area contributed by atoms with Gasteiger partial charge in [-0.25, -0.2) is 4.39 Å². The molecular formula is C22H24FN3O5. The lowest BCUT2D eigenvalue weighted by Crippen LogP contribution is -2.49. The molecule has 2 aliphatic rings. The van der Waals surface area contributed by atoms with Gasteiger partial charge in [-0.1, -0.05) is 13.0 Å². The molecule has 2 aromatic rings. The Morgan fingerprint density at radius 3 is 2.87 bits per heavy atom. The number of aromatic hydroxyl groups is 1. The number of halogens is 1. The Morgan fingerprint density at radius 1 is 1.48 bits per heavy atom. The molecule has 1 amide bonds. The second kappa shape index (κ2) is 7.81. The summed E-state index contributed by atoms with van der Waals surface area (Å²) in [6.07, 6.45) is 7.61. The van der Waals surface area contributed by atoms with E-state index in [1.54, 1.807) is 6.08 Å². The quantitative estimate of drug-likeness (QED) is 0.670. The first-order chi connectivity index (χ1) is 14.8. The van der Waals surface area contributed by atoms with Crippen LogP contribution >= 0.6 is 0 Å². The Bertz CT molecular complexity index is 1180. The van der Waals surface area contributed by atoms with E-state index < -0.39 is 28.4 Å². The van der Waals surface area contributed by atoms with Crippen molar-refractivity contribution in [2.75, 3.05) is 13.7 Å². The number of carbonyl (C=O) groups is 1. The largest absolute Gasteiger partial charge is 0.505 e. The van der Waals surface area contributed by atoms with Crippen molar-refractivity contribution in [3.63, 3.8) is 0 Å². The molecule has 1 aliphatic heterocycles. The lowest BCUT2D eigenvalue weighted by atomic mass is 9.91. The molecule has 164 valence electrons. The van der Waals surface area contributed by atoms with Crippen LogP contribution in [0.3, 0.4) is 0 Å². The molecule has 3 heterocycles. The molecule has 0 fully saturated rings. The summed E-state index contributed by atoms with van der Waals surface area (Å²) in [5.74, 6) is -1.17. The highest BCUT2D eigenvalue weighted by atomic mass is 19.1. The number of aliphatic hydroxyl groups excluding tert-OH is 1. The van der Waals surface area contributed by atoms with E-state index >= 15 is 0 Å². The number of hydrogen-bond donors (Lipinski definition) is 3. The molecule has 0 saturated heterocycles. The zero-order valence-corrected chi connectivity index (χ0v) is 17.3. The molecule has 1 aliphatic carbocycles. The SMILES string of the molecule is CCC1(CO)Cn2c(=O)c(C(=O)NC)c(O)c3ncc(CC4C=CC(F)=CC4)c(c32)O1. The monoisotopic (exact) mass is 429 g/mol. The highest BCUT2D eigenvalue weighted by molar-refractivity contribution is 6.02. The minimum Gasteiger partial charge on any atom is -0.505 e. The van der Waals surface area contributed by atoms with Crippen molar-refractivity contribution < 1.29 is 24.1 Å². The maximum Gasteiger partial charge on any atom is 0.268 e. The zero-order valence-electron chi connectivity index (χ0n) is 17.3. The van der Waals surface area contributed by atoms with Gasteiger partial charge in [0.2, 0.25) is 0 Å². The van der Waals surface area contributed by atoms with Crippen molar-refractivity contribution in [1.29, 1.82) is 0 Å². The van der Waals surface area contributed by atoms with Crippen LogP contribution in [0.1, 0.15) is 35.7 Å². The highest BCUT2D eigenvalue weighted by Crippen LogP contribution is 2.41. The third-order valence-corrected chi connectivity index (χ3v) is 6.05. The van der Waals surface area contributed by atoms with Crippen molar-refractivity contribution in [3.05, 3.63) is 51.7 Å². The minimum absolute atomic E-state index is 0.00425. The average molecular weight is 429 g/mol. The number of amides is 1. The molecule has 0 bridgehead atoms. The third-order valence-electron chi connectivity index (χ3n) is 6.05. The summed E-state index contributed by atoms with van der Waals surface area (Å²) in [5.41, 5.74) is -1.12. The normalized spacial score (nSPS) is 22.2. The standard InChI is InChI=1S/C22H24FN3O5/c1-3-22(11-27)10-26-17-16(18(28)15(21(26)30)20(29)24-2)25-9-13(19(17)31-22)8-12-4-6-14(23)7-5-12/h4,6-7,9,12,27-28H,3,5,8,10-11H2,1-2H3,(H,24,29). The van der Waals surface area contributed by atoms with Crippen molar-refractivity contribution in [2.24, 2.45) is 5.92 Å². The van der Waals surface area contributed by atoms with Crippen molar-refractivity contribution in [2.45, 2.75) is 38.3 Å². The first-order valence-corrected chi connectivity index (χ1v) is 10.2. The van der Waals surface area contributed by atoms with Gasteiger partial charge in [0.1, 0.15) is 28.0 Å². The Labute approximate surface area is 177 Å². The number of carbonyl (C=O) groups excluding carboxylic acids is 1. The van der Waals surface area contributed by atoms with Crippen LogP contribution in [0.4, 0.5) is 4.39 Å². The van der Waals surface area contributed by atoms with Crippen molar-refractivity contribution >= 4 is 16.9 Å². The van der Waals surface area contributed by atoms with Crippen LogP contribution in [-0.2, 0) is 13.0 Å². The molecular weight excluding hydrogens is 405 g/mol. The number of allylic oxidation sites excluding steroid dienone is 4.